The van der Waals surface area contributed by atoms with E-state index in [9.17, 15) is 8.42 Å². The molecule has 0 spiro atoms. The summed E-state index contributed by atoms with van der Waals surface area (Å²) in [6.07, 6.45) is 3.41. The molecule has 1 unspecified atom stereocenters. The number of sulfonamides is 1. The maximum absolute atomic E-state index is 12.5. The fourth-order valence-corrected chi connectivity index (χ4v) is 4.06. The number of rotatable bonds is 4. The Balaban J connectivity index is 2.25. The van der Waals surface area contributed by atoms with E-state index >= 15 is 0 Å². The summed E-state index contributed by atoms with van der Waals surface area (Å²) in [7, 11) is -3.43. The van der Waals surface area contributed by atoms with Gasteiger partial charge in [-0.15, -0.1) is 0 Å². The van der Waals surface area contributed by atoms with Crippen LogP contribution in [0.1, 0.15) is 19.8 Å². The number of nitrogens with two attached hydrogens (primary N) is 1. The zero-order valence-electron chi connectivity index (χ0n) is 10.6. The minimum absolute atomic E-state index is 0.270. The van der Waals surface area contributed by atoms with Gasteiger partial charge in [0.2, 0.25) is 0 Å². The highest BCUT2D eigenvalue weighted by molar-refractivity contribution is 7.89. The maximum Gasteiger partial charge on any atom is 0.260 e. The molecule has 2 heterocycles. The van der Waals surface area contributed by atoms with Crippen LogP contribution in [0.5, 0.6) is 0 Å². The molecule has 2 rings (SSSR count). The molecule has 0 bridgehead atoms. The largest absolute Gasteiger partial charge is 0.330 e. The average molecular weight is 272 g/mol. The summed E-state index contributed by atoms with van der Waals surface area (Å²) in [4.78, 5) is 0. The molecule has 1 aliphatic rings. The Kier molecular flexibility index (Phi) is 4.04. The first kappa shape index (κ1) is 13.5. The number of hydrogen-bond acceptors (Lipinski definition) is 4. The summed E-state index contributed by atoms with van der Waals surface area (Å²) in [5.41, 5.74) is 5.64. The van der Waals surface area contributed by atoms with Crippen molar-refractivity contribution in [1.29, 1.82) is 0 Å². The molecule has 1 aromatic heterocycles. The van der Waals surface area contributed by atoms with Crippen LogP contribution in [0.25, 0.3) is 0 Å². The van der Waals surface area contributed by atoms with Crippen molar-refractivity contribution >= 4 is 10.0 Å². The van der Waals surface area contributed by atoms with Crippen molar-refractivity contribution in [3.05, 3.63) is 12.3 Å². The SMILES string of the molecule is CCn1nccc1S(=O)(=O)N1CCCC(CN)C1. The summed E-state index contributed by atoms with van der Waals surface area (Å²) >= 11 is 0. The molecule has 2 N–H and O–H groups in total. The summed E-state index contributed by atoms with van der Waals surface area (Å²) in [6, 6.07) is 1.56. The first-order valence-electron chi connectivity index (χ1n) is 6.31. The van der Waals surface area contributed by atoms with Crippen molar-refractivity contribution in [3.8, 4) is 0 Å². The lowest BCUT2D eigenvalue weighted by Crippen LogP contribution is -2.42. The first-order valence-corrected chi connectivity index (χ1v) is 7.75. The van der Waals surface area contributed by atoms with Gasteiger partial charge in [0.25, 0.3) is 10.0 Å². The molecule has 1 saturated heterocycles. The lowest BCUT2D eigenvalue weighted by atomic mass is 10.0. The smallest absolute Gasteiger partial charge is 0.260 e. The molecule has 0 amide bonds. The summed E-state index contributed by atoms with van der Waals surface area (Å²) in [5.74, 6) is 0.270. The monoisotopic (exact) mass is 272 g/mol. The van der Waals surface area contributed by atoms with Gasteiger partial charge in [-0.05, 0) is 38.3 Å². The van der Waals surface area contributed by atoms with Crippen molar-refractivity contribution in [2.24, 2.45) is 11.7 Å². The van der Waals surface area contributed by atoms with Gasteiger partial charge in [0.05, 0.1) is 6.20 Å². The molecule has 0 aromatic carbocycles. The van der Waals surface area contributed by atoms with Crippen LogP contribution in [0.3, 0.4) is 0 Å². The van der Waals surface area contributed by atoms with Gasteiger partial charge >= 0.3 is 0 Å². The van der Waals surface area contributed by atoms with Crippen LogP contribution >= 0.6 is 0 Å². The van der Waals surface area contributed by atoms with Crippen LogP contribution in [-0.2, 0) is 16.6 Å². The second-order valence-corrected chi connectivity index (χ2v) is 6.48. The Bertz CT molecular complexity index is 497. The molecule has 18 heavy (non-hydrogen) atoms. The zero-order valence-corrected chi connectivity index (χ0v) is 11.4. The van der Waals surface area contributed by atoms with E-state index in [0.29, 0.717) is 26.2 Å². The van der Waals surface area contributed by atoms with E-state index in [-0.39, 0.29) is 10.9 Å². The van der Waals surface area contributed by atoms with Gasteiger partial charge in [-0.25, -0.2) is 8.42 Å². The van der Waals surface area contributed by atoms with E-state index in [0.717, 1.165) is 12.8 Å². The highest BCUT2D eigenvalue weighted by Gasteiger charge is 2.31. The van der Waals surface area contributed by atoms with E-state index in [1.54, 1.807) is 6.07 Å². The van der Waals surface area contributed by atoms with Crippen molar-refractivity contribution in [2.45, 2.75) is 31.3 Å². The number of aryl methyl sites for hydroxylation is 1. The molecule has 0 aliphatic carbocycles. The third kappa shape index (κ3) is 2.43. The van der Waals surface area contributed by atoms with Gasteiger partial charge < -0.3 is 5.73 Å². The van der Waals surface area contributed by atoms with E-state index in [1.165, 1.54) is 15.2 Å². The van der Waals surface area contributed by atoms with Crippen molar-refractivity contribution < 1.29 is 8.42 Å². The molecule has 0 radical (unpaired) electrons. The molecule has 6 nitrogen and oxygen atoms in total. The van der Waals surface area contributed by atoms with Gasteiger partial charge in [-0.3, -0.25) is 4.68 Å². The minimum atomic E-state index is -3.43. The van der Waals surface area contributed by atoms with E-state index in [1.807, 2.05) is 6.92 Å². The lowest BCUT2D eigenvalue weighted by molar-refractivity contribution is 0.269. The normalized spacial score (nSPS) is 22.2. The van der Waals surface area contributed by atoms with E-state index < -0.39 is 10.0 Å². The van der Waals surface area contributed by atoms with Crippen LogP contribution in [-0.4, -0.2) is 42.1 Å². The predicted octanol–water partition coefficient (Wildman–Crippen LogP) is 0.262. The number of hydrogen-bond donors (Lipinski definition) is 1. The fourth-order valence-electron chi connectivity index (χ4n) is 2.35. The minimum Gasteiger partial charge on any atom is -0.330 e. The molecule has 7 heteroatoms. The second kappa shape index (κ2) is 5.38. The molecule has 1 fully saturated rings. The number of nitrogens with zero attached hydrogens (tertiary/aromatic N) is 3. The van der Waals surface area contributed by atoms with Crippen molar-refractivity contribution in [3.63, 3.8) is 0 Å². The topological polar surface area (TPSA) is 81.2 Å². The van der Waals surface area contributed by atoms with E-state index in [2.05, 4.69) is 5.10 Å². The van der Waals surface area contributed by atoms with Crippen molar-refractivity contribution in [2.75, 3.05) is 19.6 Å². The zero-order chi connectivity index (χ0) is 13.2. The van der Waals surface area contributed by atoms with Crippen molar-refractivity contribution in [1.82, 2.24) is 14.1 Å². The van der Waals surface area contributed by atoms with Crippen LogP contribution in [0.15, 0.2) is 17.3 Å². The van der Waals surface area contributed by atoms with Crippen LogP contribution in [0.2, 0.25) is 0 Å². The molecule has 1 aromatic rings. The Labute approximate surface area is 108 Å². The Hall–Kier alpha value is -0.920. The van der Waals surface area contributed by atoms with Crippen LogP contribution in [0.4, 0.5) is 0 Å². The number of aromatic nitrogens is 2. The quantitative estimate of drug-likeness (QED) is 0.852. The van der Waals surface area contributed by atoms with Gasteiger partial charge in [0.1, 0.15) is 0 Å². The molecule has 1 atom stereocenters. The molecule has 102 valence electrons. The van der Waals surface area contributed by atoms with Crippen LogP contribution in [0, 0.1) is 5.92 Å². The molecule has 0 saturated carbocycles. The summed E-state index contributed by atoms with van der Waals surface area (Å²) < 4.78 is 28.1. The van der Waals surface area contributed by atoms with Gasteiger partial charge in [0, 0.05) is 19.6 Å². The lowest BCUT2D eigenvalue weighted by Gasteiger charge is -2.31. The van der Waals surface area contributed by atoms with Gasteiger partial charge in [0.15, 0.2) is 5.03 Å². The Morgan fingerprint density at radius 1 is 1.56 bits per heavy atom. The highest BCUT2D eigenvalue weighted by atomic mass is 32.2. The average Bonchev–Trinajstić information content (AvgIpc) is 2.88. The molecular weight excluding hydrogens is 252 g/mol. The standard InChI is InChI=1S/C11H20N4O2S/c1-2-15-11(5-6-13-15)18(16,17)14-7-3-4-10(8-12)9-14/h5-6,10H,2-4,7-9,12H2,1H3. The summed E-state index contributed by atoms with van der Waals surface area (Å²) in [6.45, 7) is 4.07. The first-order chi connectivity index (χ1) is 8.59. The summed E-state index contributed by atoms with van der Waals surface area (Å²) in [5, 5.41) is 4.30. The fraction of sp³-hybridized carbons (Fsp3) is 0.727. The molecule has 1 aliphatic heterocycles. The second-order valence-electron chi connectivity index (χ2n) is 4.59. The third-order valence-corrected chi connectivity index (χ3v) is 5.28. The highest BCUT2D eigenvalue weighted by Crippen LogP contribution is 2.22. The van der Waals surface area contributed by atoms with E-state index in [4.69, 9.17) is 5.73 Å². The predicted molar refractivity (Wildman–Crippen MR) is 68.4 cm³/mol. The third-order valence-electron chi connectivity index (χ3n) is 3.40. The van der Waals surface area contributed by atoms with Crippen LogP contribution < -0.4 is 5.73 Å². The molecular formula is C11H20N4O2S. The van der Waals surface area contributed by atoms with Gasteiger partial charge in [-0.2, -0.15) is 9.40 Å². The Morgan fingerprint density at radius 2 is 2.33 bits per heavy atom. The maximum atomic E-state index is 12.5. The van der Waals surface area contributed by atoms with Gasteiger partial charge in [-0.1, -0.05) is 0 Å². The Morgan fingerprint density at radius 3 is 3.00 bits per heavy atom. The number of piperidine rings is 1.